The summed E-state index contributed by atoms with van der Waals surface area (Å²) in [5.41, 5.74) is 3.35. The number of hydrogen-bond acceptors (Lipinski definition) is 4. The number of carbonyl (C=O) groups is 1. The average molecular weight is 355 g/mol. The minimum Gasteiger partial charge on any atom is -0.383 e. The van der Waals surface area contributed by atoms with Gasteiger partial charge in [-0.2, -0.15) is 0 Å². The van der Waals surface area contributed by atoms with Gasteiger partial charge in [-0.05, 0) is 48.9 Å². The summed E-state index contributed by atoms with van der Waals surface area (Å²) in [5, 5.41) is 14.2. The average Bonchev–Trinajstić information content (AvgIpc) is 2.61. The van der Waals surface area contributed by atoms with Gasteiger partial charge < -0.3 is 15.3 Å². The van der Waals surface area contributed by atoms with Crippen LogP contribution in [0.25, 0.3) is 10.9 Å². The molecule has 1 aromatic carbocycles. The van der Waals surface area contributed by atoms with E-state index < -0.39 is 6.10 Å². The van der Waals surface area contributed by atoms with Gasteiger partial charge in [-0.1, -0.05) is 26.8 Å². The number of hydrogen-bond donors (Lipinski definition) is 2. The lowest BCUT2D eigenvalue weighted by Gasteiger charge is -2.39. The Labute approximate surface area is 155 Å². The number of benzene rings is 1. The van der Waals surface area contributed by atoms with E-state index in [1.807, 2.05) is 26.1 Å². The van der Waals surface area contributed by atoms with Crippen molar-refractivity contribution in [1.82, 2.24) is 10.3 Å². The van der Waals surface area contributed by atoms with E-state index in [0.29, 0.717) is 5.92 Å². The van der Waals surface area contributed by atoms with Crippen molar-refractivity contribution >= 4 is 22.5 Å². The second-order valence-electron chi connectivity index (χ2n) is 7.94. The molecule has 0 spiro atoms. The number of aliphatic hydroxyl groups excluding tert-OH is 1. The predicted octanol–water partition coefficient (Wildman–Crippen LogP) is 2.89. The molecule has 5 heteroatoms. The Morgan fingerprint density at radius 1 is 1.31 bits per heavy atom. The lowest BCUT2D eigenvalue weighted by atomic mass is 9.94. The first-order valence-corrected chi connectivity index (χ1v) is 9.44. The first kappa shape index (κ1) is 18.6. The third-order valence-corrected chi connectivity index (χ3v) is 5.20. The number of piperidine rings is 1. The number of carbonyl (C=O) groups excluding carboxylic acids is 1. The number of rotatable bonds is 4. The first-order chi connectivity index (χ1) is 12.4. The fourth-order valence-corrected chi connectivity index (χ4v) is 3.82. The Morgan fingerprint density at radius 3 is 2.81 bits per heavy atom. The van der Waals surface area contributed by atoms with Crippen molar-refractivity contribution in [2.45, 2.75) is 46.3 Å². The van der Waals surface area contributed by atoms with Gasteiger partial charge in [-0.25, -0.2) is 0 Å². The van der Waals surface area contributed by atoms with Crippen LogP contribution in [0.2, 0.25) is 0 Å². The van der Waals surface area contributed by atoms with Crippen LogP contribution in [0.3, 0.4) is 0 Å². The van der Waals surface area contributed by atoms with Crippen LogP contribution in [0.4, 0.5) is 5.69 Å². The van der Waals surface area contributed by atoms with E-state index in [4.69, 9.17) is 0 Å². The molecular formula is C21H29N3O2. The third kappa shape index (κ3) is 3.83. The van der Waals surface area contributed by atoms with Crippen molar-refractivity contribution in [2.75, 3.05) is 18.0 Å². The van der Waals surface area contributed by atoms with Crippen LogP contribution in [0.15, 0.2) is 30.5 Å². The summed E-state index contributed by atoms with van der Waals surface area (Å²) in [6.45, 7) is 9.68. The number of aliphatic hydroxyl groups is 1. The maximum atomic E-state index is 12.3. The molecule has 0 saturated carbocycles. The molecule has 1 aliphatic rings. The molecule has 140 valence electrons. The van der Waals surface area contributed by atoms with Gasteiger partial charge in [-0.3, -0.25) is 9.78 Å². The van der Waals surface area contributed by atoms with Gasteiger partial charge in [-0.15, -0.1) is 0 Å². The van der Waals surface area contributed by atoms with Gasteiger partial charge in [0.2, 0.25) is 5.91 Å². The number of aromatic nitrogens is 1. The van der Waals surface area contributed by atoms with Crippen molar-refractivity contribution in [2.24, 2.45) is 11.8 Å². The molecule has 3 atom stereocenters. The van der Waals surface area contributed by atoms with E-state index >= 15 is 0 Å². The van der Waals surface area contributed by atoms with Gasteiger partial charge in [0.05, 0.1) is 5.52 Å². The van der Waals surface area contributed by atoms with Crippen molar-refractivity contribution < 1.29 is 9.90 Å². The Morgan fingerprint density at radius 2 is 2.08 bits per heavy atom. The van der Waals surface area contributed by atoms with Gasteiger partial charge in [0, 0.05) is 36.4 Å². The van der Waals surface area contributed by atoms with Gasteiger partial charge in [0.15, 0.2) is 0 Å². The Bertz CT molecular complexity index is 790. The minimum absolute atomic E-state index is 0.0349. The highest BCUT2D eigenvalue weighted by atomic mass is 16.3. The van der Waals surface area contributed by atoms with Crippen molar-refractivity contribution in [3.8, 4) is 0 Å². The molecule has 1 aliphatic heterocycles. The molecule has 1 amide bonds. The SMILES string of the molecule is Cc1ccc(N2C[C@@H](C)C[C@@H](NC(=O)[C@@H](O)C(C)C)C2)c2cccnc12. The molecule has 0 aliphatic carbocycles. The molecule has 0 unspecified atom stereocenters. The van der Waals surface area contributed by atoms with Gasteiger partial charge in [0.1, 0.15) is 6.10 Å². The molecule has 0 bridgehead atoms. The van der Waals surface area contributed by atoms with Crippen molar-refractivity contribution in [1.29, 1.82) is 0 Å². The number of pyridine rings is 1. The quantitative estimate of drug-likeness (QED) is 0.885. The molecule has 2 heterocycles. The normalized spacial score (nSPS) is 21.8. The van der Waals surface area contributed by atoms with E-state index in [-0.39, 0.29) is 17.9 Å². The molecular weight excluding hydrogens is 326 g/mol. The van der Waals surface area contributed by atoms with Crippen molar-refractivity contribution in [3.63, 3.8) is 0 Å². The van der Waals surface area contributed by atoms with Gasteiger partial charge >= 0.3 is 0 Å². The third-order valence-electron chi connectivity index (χ3n) is 5.20. The zero-order valence-electron chi connectivity index (χ0n) is 16.1. The lowest BCUT2D eigenvalue weighted by molar-refractivity contribution is -0.132. The highest BCUT2D eigenvalue weighted by Crippen LogP contribution is 2.31. The maximum absolute atomic E-state index is 12.3. The Kier molecular flexibility index (Phi) is 5.47. The summed E-state index contributed by atoms with van der Waals surface area (Å²) in [6, 6.07) is 8.38. The van der Waals surface area contributed by atoms with Gasteiger partial charge in [0.25, 0.3) is 0 Å². The predicted molar refractivity (Wildman–Crippen MR) is 105 cm³/mol. The summed E-state index contributed by atoms with van der Waals surface area (Å²) >= 11 is 0. The summed E-state index contributed by atoms with van der Waals surface area (Å²) < 4.78 is 0. The largest absolute Gasteiger partial charge is 0.383 e. The monoisotopic (exact) mass is 355 g/mol. The van der Waals surface area contributed by atoms with E-state index in [0.717, 1.165) is 36.1 Å². The number of nitrogens with zero attached hydrogens (tertiary/aromatic N) is 2. The number of aryl methyl sites for hydroxylation is 1. The molecule has 26 heavy (non-hydrogen) atoms. The van der Waals surface area contributed by atoms with Crippen LogP contribution in [-0.2, 0) is 4.79 Å². The maximum Gasteiger partial charge on any atom is 0.249 e. The second kappa shape index (κ2) is 7.62. The molecule has 1 saturated heterocycles. The summed E-state index contributed by atoms with van der Waals surface area (Å²) in [4.78, 5) is 19.1. The zero-order valence-corrected chi connectivity index (χ0v) is 16.1. The van der Waals surface area contributed by atoms with Crippen LogP contribution < -0.4 is 10.2 Å². The van der Waals surface area contributed by atoms with E-state index in [1.54, 1.807) is 0 Å². The van der Waals surface area contributed by atoms with Crippen LogP contribution in [0.5, 0.6) is 0 Å². The first-order valence-electron chi connectivity index (χ1n) is 9.44. The fraction of sp³-hybridized carbons (Fsp3) is 0.524. The minimum atomic E-state index is -0.954. The second-order valence-corrected chi connectivity index (χ2v) is 7.94. The molecule has 5 nitrogen and oxygen atoms in total. The molecule has 3 rings (SSSR count). The van der Waals surface area contributed by atoms with Crippen LogP contribution in [0, 0.1) is 18.8 Å². The molecule has 2 N–H and O–H groups in total. The Balaban J connectivity index is 1.83. The van der Waals surface area contributed by atoms with E-state index in [9.17, 15) is 9.90 Å². The molecule has 1 aromatic heterocycles. The summed E-state index contributed by atoms with van der Waals surface area (Å²) in [5.74, 6) is 0.104. The topological polar surface area (TPSA) is 65.5 Å². The lowest BCUT2D eigenvalue weighted by Crippen LogP contribution is -2.53. The fourth-order valence-electron chi connectivity index (χ4n) is 3.82. The van der Waals surface area contributed by atoms with Crippen molar-refractivity contribution in [3.05, 3.63) is 36.0 Å². The number of amides is 1. The number of nitrogens with one attached hydrogen (secondary N) is 1. The summed E-state index contributed by atoms with van der Waals surface area (Å²) in [6.07, 6.45) is 1.80. The molecule has 2 aromatic rings. The van der Waals surface area contributed by atoms with Crippen LogP contribution in [0.1, 0.15) is 32.8 Å². The highest BCUT2D eigenvalue weighted by Gasteiger charge is 2.29. The van der Waals surface area contributed by atoms with E-state index in [2.05, 4.69) is 47.2 Å². The summed E-state index contributed by atoms with van der Waals surface area (Å²) in [7, 11) is 0. The van der Waals surface area contributed by atoms with E-state index in [1.165, 1.54) is 5.56 Å². The smallest absolute Gasteiger partial charge is 0.249 e. The highest BCUT2D eigenvalue weighted by molar-refractivity contribution is 5.93. The zero-order chi connectivity index (χ0) is 18.8. The molecule has 0 radical (unpaired) electrons. The van der Waals surface area contributed by atoms with Crippen LogP contribution in [-0.4, -0.2) is 41.2 Å². The number of fused-ring (bicyclic) bond motifs is 1. The standard InChI is InChI=1S/C21H29N3O2/c1-13(2)20(25)21(26)23-16-10-14(3)11-24(12-16)18-8-7-15(4)19-17(18)6-5-9-22-19/h5-9,13-14,16,20,25H,10-12H2,1-4H3,(H,23,26)/t14-,16+,20-/m0/s1. The molecule has 1 fully saturated rings. The van der Waals surface area contributed by atoms with Crippen LogP contribution >= 0.6 is 0 Å². The Hall–Kier alpha value is -2.14. The number of anilines is 1.